The smallest absolute Gasteiger partial charge is 0.399 e. The Morgan fingerprint density at radius 2 is 1.70 bits per heavy atom. The Kier molecular flexibility index (Phi) is 4.74. The first-order valence-electron chi connectivity index (χ1n) is 9.54. The molecule has 0 spiro atoms. The van der Waals surface area contributed by atoms with Crippen molar-refractivity contribution in [1.82, 2.24) is 9.78 Å². The third kappa shape index (κ3) is 3.72. The molecular weight excluding hydrogens is 399 g/mol. The number of fused-ring (bicyclic) bond motifs is 1. The molecule has 158 valence electrons. The summed E-state index contributed by atoms with van der Waals surface area (Å²) in [5.41, 5.74) is -0.432. The molecule has 9 heteroatoms. The number of hydrogen-bond acceptors (Lipinski definition) is 3. The zero-order valence-electron chi connectivity index (χ0n) is 17.0. The lowest BCUT2D eigenvalue weighted by molar-refractivity contribution is -0.137. The van der Waals surface area contributed by atoms with Crippen molar-refractivity contribution < 1.29 is 26.9 Å². The van der Waals surface area contributed by atoms with Crippen LogP contribution in [0.2, 0.25) is 0 Å². The third-order valence-electron chi connectivity index (χ3n) is 5.77. The van der Waals surface area contributed by atoms with Crippen LogP contribution in [0.3, 0.4) is 0 Å². The Balaban J connectivity index is 1.68. The summed E-state index contributed by atoms with van der Waals surface area (Å²) in [6.07, 6.45) is -2.90. The maximum atomic E-state index is 13.7. The third-order valence-corrected chi connectivity index (χ3v) is 5.77. The van der Waals surface area contributed by atoms with Gasteiger partial charge in [-0.05, 0) is 63.0 Å². The largest absolute Gasteiger partial charge is 0.495 e. The second-order valence-corrected chi connectivity index (χ2v) is 8.54. The summed E-state index contributed by atoms with van der Waals surface area (Å²) in [7, 11) is -0.595. The van der Waals surface area contributed by atoms with Crippen molar-refractivity contribution in [3.8, 4) is 0 Å². The molecule has 1 saturated heterocycles. The SMILES string of the molecule is CC1(C)OB(c2cccc3nn(Cc4cc(F)cc(C(F)(F)F)c4)cc23)OC1(C)C. The number of halogens is 4. The molecule has 0 N–H and O–H groups in total. The minimum absolute atomic E-state index is 0.00166. The highest BCUT2D eigenvalue weighted by Gasteiger charge is 2.52. The predicted molar refractivity (Wildman–Crippen MR) is 106 cm³/mol. The molecule has 1 fully saturated rings. The molecule has 1 aromatic heterocycles. The molecule has 1 aliphatic heterocycles. The van der Waals surface area contributed by atoms with Gasteiger partial charge in [-0.3, -0.25) is 4.68 Å². The van der Waals surface area contributed by atoms with E-state index in [2.05, 4.69) is 5.10 Å². The standard InChI is InChI=1S/C21H21BF4N2O2/c1-19(2)20(3,4)30-22(29-19)17-6-5-7-18-16(17)12-28(27-18)11-13-8-14(21(24,25)26)10-15(23)9-13/h5-10,12H,11H2,1-4H3. The van der Waals surface area contributed by atoms with Crippen molar-refractivity contribution in [1.29, 1.82) is 0 Å². The molecular formula is C21H21BF4N2O2. The number of alkyl halides is 3. The lowest BCUT2D eigenvalue weighted by atomic mass is 9.77. The van der Waals surface area contributed by atoms with Gasteiger partial charge in [0.15, 0.2) is 0 Å². The van der Waals surface area contributed by atoms with Gasteiger partial charge in [-0.1, -0.05) is 12.1 Å². The average molecular weight is 420 g/mol. The van der Waals surface area contributed by atoms with Crippen LogP contribution in [0.25, 0.3) is 10.9 Å². The van der Waals surface area contributed by atoms with Gasteiger partial charge < -0.3 is 9.31 Å². The van der Waals surface area contributed by atoms with Gasteiger partial charge in [0.05, 0.1) is 28.8 Å². The van der Waals surface area contributed by atoms with Gasteiger partial charge in [0, 0.05) is 11.6 Å². The van der Waals surface area contributed by atoms with Gasteiger partial charge in [0.2, 0.25) is 0 Å². The van der Waals surface area contributed by atoms with Crippen LogP contribution in [0, 0.1) is 5.82 Å². The average Bonchev–Trinajstić information content (AvgIpc) is 3.10. The number of aromatic nitrogens is 2. The van der Waals surface area contributed by atoms with E-state index in [1.54, 1.807) is 12.3 Å². The van der Waals surface area contributed by atoms with E-state index in [9.17, 15) is 17.6 Å². The van der Waals surface area contributed by atoms with Crippen LogP contribution < -0.4 is 5.46 Å². The van der Waals surface area contributed by atoms with Crippen LogP contribution in [0.15, 0.2) is 42.6 Å². The monoisotopic (exact) mass is 420 g/mol. The van der Waals surface area contributed by atoms with Crippen LogP contribution in [0.1, 0.15) is 38.8 Å². The van der Waals surface area contributed by atoms with Crippen molar-refractivity contribution in [2.45, 2.75) is 51.6 Å². The van der Waals surface area contributed by atoms with E-state index in [-0.39, 0.29) is 12.1 Å². The highest BCUT2D eigenvalue weighted by Crippen LogP contribution is 2.37. The Labute approximate surface area is 171 Å². The van der Waals surface area contributed by atoms with Crippen LogP contribution in [0.5, 0.6) is 0 Å². The van der Waals surface area contributed by atoms with E-state index >= 15 is 0 Å². The van der Waals surface area contributed by atoms with Gasteiger partial charge >= 0.3 is 13.3 Å². The summed E-state index contributed by atoms with van der Waals surface area (Å²) < 4.78 is 66.4. The molecule has 4 rings (SSSR count). The molecule has 1 aliphatic rings. The number of nitrogens with zero attached hydrogens (tertiary/aromatic N) is 2. The first-order chi connectivity index (χ1) is 13.9. The van der Waals surface area contributed by atoms with Gasteiger partial charge in [0.25, 0.3) is 0 Å². The summed E-state index contributed by atoms with van der Waals surface area (Å²) >= 11 is 0. The maximum absolute atomic E-state index is 13.7. The number of benzene rings is 2. The molecule has 4 nitrogen and oxygen atoms in total. The quantitative estimate of drug-likeness (QED) is 0.461. The van der Waals surface area contributed by atoms with E-state index in [1.165, 1.54) is 4.68 Å². The van der Waals surface area contributed by atoms with Crippen molar-refractivity contribution in [2.24, 2.45) is 0 Å². The van der Waals surface area contributed by atoms with Crippen molar-refractivity contribution in [3.63, 3.8) is 0 Å². The summed E-state index contributed by atoms with van der Waals surface area (Å²) in [5.74, 6) is -0.936. The summed E-state index contributed by atoms with van der Waals surface area (Å²) in [6.45, 7) is 7.83. The second kappa shape index (κ2) is 6.82. The molecule has 0 amide bonds. The van der Waals surface area contributed by atoms with E-state index in [4.69, 9.17) is 9.31 Å². The van der Waals surface area contributed by atoms with E-state index in [1.807, 2.05) is 39.8 Å². The van der Waals surface area contributed by atoms with Gasteiger partial charge in [-0.25, -0.2) is 4.39 Å². The molecule has 2 aromatic carbocycles. The highest BCUT2D eigenvalue weighted by molar-refractivity contribution is 6.65. The summed E-state index contributed by atoms with van der Waals surface area (Å²) in [4.78, 5) is 0. The van der Waals surface area contributed by atoms with E-state index in [0.29, 0.717) is 11.6 Å². The summed E-state index contributed by atoms with van der Waals surface area (Å²) in [5, 5.41) is 5.20. The number of hydrogen-bond donors (Lipinski definition) is 0. The fourth-order valence-electron chi connectivity index (χ4n) is 3.46. The molecule has 30 heavy (non-hydrogen) atoms. The summed E-state index contributed by atoms with van der Waals surface area (Å²) in [6, 6.07) is 8.00. The second-order valence-electron chi connectivity index (χ2n) is 8.54. The minimum atomic E-state index is -4.62. The van der Waals surface area contributed by atoms with Crippen LogP contribution in [0.4, 0.5) is 17.6 Å². The molecule has 0 aliphatic carbocycles. The Morgan fingerprint density at radius 3 is 2.33 bits per heavy atom. The zero-order valence-corrected chi connectivity index (χ0v) is 17.0. The number of rotatable bonds is 3. The lowest BCUT2D eigenvalue weighted by Gasteiger charge is -2.32. The molecule has 0 radical (unpaired) electrons. The fraction of sp³-hybridized carbons (Fsp3) is 0.381. The molecule has 3 aromatic rings. The van der Waals surface area contributed by atoms with Gasteiger partial charge in [-0.15, -0.1) is 0 Å². The molecule has 0 bridgehead atoms. The maximum Gasteiger partial charge on any atom is 0.495 e. The van der Waals surface area contributed by atoms with E-state index < -0.39 is 35.9 Å². The van der Waals surface area contributed by atoms with Crippen molar-refractivity contribution >= 4 is 23.5 Å². The Bertz CT molecular complexity index is 1090. The molecule has 2 heterocycles. The predicted octanol–water partition coefficient (Wildman–Crippen LogP) is 4.54. The van der Waals surface area contributed by atoms with Crippen LogP contribution >= 0.6 is 0 Å². The molecule has 0 atom stereocenters. The highest BCUT2D eigenvalue weighted by atomic mass is 19.4. The van der Waals surface area contributed by atoms with Crippen LogP contribution in [-0.2, 0) is 22.0 Å². The molecule has 0 saturated carbocycles. The lowest BCUT2D eigenvalue weighted by Crippen LogP contribution is -2.41. The minimum Gasteiger partial charge on any atom is -0.399 e. The first-order valence-corrected chi connectivity index (χ1v) is 9.54. The topological polar surface area (TPSA) is 36.3 Å². The van der Waals surface area contributed by atoms with Crippen molar-refractivity contribution in [2.75, 3.05) is 0 Å². The Morgan fingerprint density at radius 1 is 1.03 bits per heavy atom. The normalized spacial score (nSPS) is 18.3. The Hall–Kier alpha value is -2.39. The first kappa shape index (κ1) is 20.9. The molecule has 0 unspecified atom stereocenters. The van der Waals surface area contributed by atoms with Crippen molar-refractivity contribution in [3.05, 3.63) is 59.5 Å². The van der Waals surface area contributed by atoms with Gasteiger partial charge in [-0.2, -0.15) is 18.3 Å². The van der Waals surface area contributed by atoms with E-state index in [0.717, 1.165) is 23.0 Å². The fourth-order valence-corrected chi connectivity index (χ4v) is 3.46. The zero-order chi connectivity index (χ0) is 21.9. The van der Waals surface area contributed by atoms with Crippen LogP contribution in [-0.4, -0.2) is 28.1 Å². The van der Waals surface area contributed by atoms with Gasteiger partial charge in [0.1, 0.15) is 5.82 Å².